The van der Waals surface area contributed by atoms with Crippen molar-refractivity contribution < 1.29 is 18.7 Å². The first-order chi connectivity index (χ1) is 11.3. The molecule has 124 valence electrons. The van der Waals surface area contributed by atoms with Crippen LogP contribution in [0.1, 0.15) is 36.7 Å². The first-order valence-corrected chi connectivity index (χ1v) is 7.48. The zero-order valence-corrected chi connectivity index (χ0v) is 13.7. The van der Waals surface area contributed by atoms with Gasteiger partial charge in [0.1, 0.15) is 11.7 Å². The fraction of sp³-hybridized carbons (Fsp3) is 0.150. The normalized spacial score (nSPS) is 12.8. The molecule has 0 saturated carbocycles. The number of hydrogen-bond acceptors (Lipinski definition) is 1. The summed E-state index contributed by atoms with van der Waals surface area (Å²) in [6.45, 7) is 4.92. The lowest BCUT2D eigenvalue weighted by atomic mass is 9.94. The zero-order chi connectivity index (χ0) is 17.9. The summed E-state index contributed by atoms with van der Waals surface area (Å²) in [4.78, 5) is 11.2. The van der Waals surface area contributed by atoms with Crippen LogP contribution in [0.15, 0.2) is 65.8 Å². The highest BCUT2D eigenvalue weighted by atomic mass is 19.1. The van der Waals surface area contributed by atoms with Crippen LogP contribution in [-0.2, 0) is 0 Å². The van der Waals surface area contributed by atoms with Gasteiger partial charge in [-0.2, -0.15) is 0 Å². The molecule has 0 bridgehead atoms. The summed E-state index contributed by atoms with van der Waals surface area (Å²) in [7, 11) is 0. The zero-order valence-electron chi connectivity index (χ0n) is 13.7. The van der Waals surface area contributed by atoms with Gasteiger partial charge in [-0.15, -0.1) is 0 Å². The second-order valence-corrected chi connectivity index (χ2v) is 5.63. The van der Waals surface area contributed by atoms with Gasteiger partial charge in [0.25, 0.3) is 0 Å². The molecular formula is C20H18F2O2. The number of carbonyl (C=O) groups is 1. The van der Waals surface area contributed by atoms with E-state index in [1.54, 1.807) is 38.1 Å². The maximum Gasteiger partial charge on any atom is 0.335 e. The standard InChI is InChI=1S/C20H18F2O2/c1-4-17(21)19(18(22)10-12(2)3)15-7-5-6-13-8-9-14(20(23)24)11-16(13)15/h4-11H,1-3H3,(H,23,24)/b17-4+,19-18+. The number of fused-ring (bicyclic) bond motifs is 1. The molecule has 0 amide bonds. The largest absolute Gasteiger partial charge is 0.478 e. The van der Waals surface area contributed by atoms with E-state index in [0.29, 0.717) is 21.9 Å². The summed E-state index contributed by atoms with van der Waals surface area (Å²) >= 11 is 0. The van der Waals surface area contributed by atoms with E-state index in [4.69, 9.17) is 0 Å². The first-order valence-electron chi connectivity index (χ1n) is 7.48. The number of rotatable bonds is 4. The van der Waals surface area contributed by atoms with Crippen LogP contribution in [0.5, 0.6) is 0 Å². The van der Waals surface area contributed by atoms with Gasteiger partial charge >= 0.3 is 5.97 Å². The van der Waals surface area contributed by atoms with E-state index in [0.717, 1.165) is 0 Å². The molecule has 1 N–H and O–H groups in total. The highest BCUT2D eigenvalue weighted by molar-refractivity contribution is 6.01. The van der Waals surface area contributed by atoms with Crippen molar-refractivity contribution in [2.75, 3.05) is 0 Å². The number of hydrogen-bond donors (Lipinski definition) is 1. The second kappa shape index (κ2) is 7.21. The molecule has 0 aliphatic carbocycles. The van der Waals surface area contributed by atoms with Crippen LogP contribution in [-0.4, -0.2) is 11.1 Å². The molecule has 4 heteroatoms. The number of benzene rings is 2. The average molecular weight is 328 g/mol. The second-order valence-electron chi connectivity index (χ2n) is 5.63. The monoisotopic (exact) mass is 328 g/mol. The fourth-order valence-electron chi connectivity index (χ4n) is 2.47. The number of halogens is 2. The Bertz CT molecular complexity index is 886. The van der Waals surface area contributed by atoms with Gasteiger partial charge in [0, 0.05) is 0 Å². The van der Waals surface area contributed by atoms with Crippen molar-refractivity contribution in [3.8, 4) is 0 Å². The Morgan fingerprint density at radius 3 is 2.42 bits per heavy atom. The van der Waals surface area contributed by atoms with Crippen LogP contribution in [0, 0.1) is 0 Å². The molecule has 2 aromatic rings. The van der Waals surface area contributed by atoms with E-state index < -0.39 is 17.6 Å². The van der Waals surface area contributed by atoms with Gasteiger partial charge in [-0.3, -0.25) is 0 Å². The van der Waals surface area contributed by atoms with Crippen LogP contribution in [0.3, 0.4) is 0 Å². The fourth-order valence-corrected chi connectivity index (χ4v) is 2.47. The van der Waals surface area contributed by atoms with Crippen molar-refractivity contribution in [1.29, 1.82) is 0 Å². The molecule has 2 rings (SSSR count). The van der Waals surface area contributed by atoms with Crippen molar-refractivity contribution >= 4 is 22.3 Å². The highest BCUT2D eigenvalue weighted by Gasteiger charge is 2.16. The average Bonchev–Trinajstić information content (AvgIpc) is 2.53. The molecule has 2 aromatic carbocycles. The molecule has 0 aromatic heterocycles. The topological polar surface area (TPSA) is 37.3 Å². The van der Waals surface area contributed by atoms with E-state index in [-0.39, 0.29) is 11.1 Å². The van der Waals surface area contributed by atoms with Crippen molar-refractivity contribution in [3.05, 3.63) is 76.9 Å². The van der Waals surface area contributed by atoms with Crippen molar-refractivity contribution in [3.63, 3.8) is 0 Å². The van der Waals surface area contributed by atoms with Crippen LogP contribution >= 0.6 is 0 Å². The molecule has 0 unspecified atom stereocenters. The molecule has 0 aliphatic heterocycles. The minimum absolute atomic E-state index is 0.0674. The van der Waals surface area contributed by atoms with Crippen molar-refractivity contribution in [2.45, 2.75) is 20.8 Å². The Morgan fingerprint density at radius 1 is 1.12 bits per heavy atom. The summed E-state index contributed by atoms with van der Waals surface area (Å²) in [6, 6.07) is 9.59. The third kappa shape index (κ3) is 3.59. The van der Waals surface area contributed by atoms with Gasteiger partial charge in [0.05, 0.1) is 11.1 Å². The van der Waals surface area contributed by atoms with Crippen molar-refractivity contribution in [2.24, 2.45) is 0 Å². The van der Waals surface area contributed by atoms with Crippen LogP contribution in [0.25, 0.3) is 16.3 Å². The van der Waals surface area contributed by atoms with Gasteiger partial charge in [0.15, 0.2) is 0 Å². The minimum atomic E-state index is -1.09. The predicted molar refractivity (Wildman–Crippen MR) is 93.2 cm³/mol. The quantitative estimate of drug-likeness (QED) is 0.693. The summed E-state index contributed by atoms with van der Waals surface area (Å²) in [5.41, 5.74) is 0.909. The highest BCUT2D eigenvalue weighted by Crippen LogP contribution is 2.34. The number of carboxylic acids is 1. The first kappa shape index (κ1) is 17.6. The van der Waals surface area contributed by atoms with Gasteiger partial charge in [-0.05, 0) is 55.3 Å². The summed E-state index contributed by atoms with van der Waals surface area (Å²) in [5.74, 6) is -2.48. The Hall–Kier alpha value is -2.75. The molecule has 0 saturated heterocycles. The molecule has 0 radical (unpaired) electrons. The maximum absolute atomic E-state index is 14.6. The van der Waals surface area contributed by atoms with E-state index in [9.17, 15) is 18.7 Å². The molecule has 0 spiro atoms. The molecule has 0 atom stereocenters. The Balaban J connectivity index is 2.87. The Morgan fingerprint density at radius 2 is 1.83 bits per heavy atom. The summed E-state index contributed by atoms with van der Waals surface area (Å²) in [6.07, 6.45) is 2.45. The number of carboxylic acid groups (broad SMARTS) is 1. The molecular weight excluding hydrogens is 310 g/mol. The van der Waals surface area contributed by atoms with E-state index in [2.05, 4.69) is 0 Å². The minimum Gasteiger partial charge on any atom is -0.478 e. The van der Waals surface area contributed by atoms with E-state index in [1.165, 1.54) is 31.2 Å². The molecule has 0 fully saturated rings. The van der Waals surface area contributed by atoms with Gasteiger partial charge < -0.3 is 5.11 Å². The molecule has 2 nitrogen and oxygen atoms in total. The maximum atomic E-state index is 14.6. The van der Waals surface area contributed by atoms with Crippen LogP contribution in [0.2, 0.25) is 0 Å². The molecule has 0 aliphatic rings. The molecule has 0 heterocycles. The third-order valence-corrected chi connectivity index (χ3v) is 3.54. The van der Waals surface area contributed by atoms with Gasteiger partial charge in [-0.1, -0.05) is 35.9 Å². The Labute approximate surface area is 139 Å². The lowest BCUT2D eigenvalue weighted by Gasteiger charge is -2.11. The Kier molecular flexibility index (Phi) is 5.29. The van der Waals surface area contributed by atoms with E-state index in [1.807, 2.05) is 0 Å². The SMILES string of the molecule is C/C=C(F)\C(=C(\F)C=C(C)C)c1cccc2ccc(C(=O)O)cc12. The molecule has 24 heavy (non-hydrogen) atoms. The number of allylic oxidation sites excluding steroid dienone is 6. The lowest BCUT2D eigenvalue weighted by molar-refractivity contribution is 0.0697. The number of aromatic carboxylic acids is 1. The lowest BCUT2D eigenvalue weighted by Crippen LogP contribution is -1.97. The van der Waals surface area contributed by atoms with Gasteiger partial charge in [-0.25, -0.2) is 13.6 Å². The van der Waals surface area contributed by atoms with Crippen LogP contribution in [0.4, 0.5) is 8.78 Å². The smallest absolute Gasteiger partial charge is 0.335 e. The predicted octanol–water partition coefficient (Wildman–Crippen LogP) is 6.06. The van der Waals surface area contributed by atoms with Crippen molar-refractivity contribution in [1.82, 2.24) is 0 Å². The summed E-state index contributed by atoms with van der Waals surface area (Å²) in [5, 5.41) is 10.4. The third-order valence-electron chi connectivity index (χ3n) is 3.54. The van der Waals surface area contributed by atoms with Gasteiger partial charge in [0.2, 0.25) is 0 Å². The van der Waals surface area contributed by atoms with E-state index >= 15 is 0 Å². The summed E-state index contributed by atoms with van der Waals surface area (Å²) < 4.78 is 29.0. The van der Waals surface area contributed by atoms with Crippen LogP contribution < -0.4 is 0 Å².